The third-order valence-electron chi connectivity index (χ3n) is 6.29. The number of carbonyl (C=O) groups excluding carboxylic acids is 3. The fourth-order valence-corrected chi connectivity index (χ4v) is 4.46. The largest absolute Gasteiger partial charge is 0.350 e. The molecule has 2 aliphatic heterocycles. The normalized spacial score (nSPS) is 19.1. The number of anilines is 2. The molecular weight excluding hydrogens is 426 g/mol. The Hall–Kier alpha value is -3.12. The highest BCUT2D eigenvalue weighted by Gasteiger charge is 2.39. The zero-order chi connectivity index (χ0) is 23.0. The van der Waals surface area contributed by atoms with Crippen molar-refractivity contribution in [2.75, 3.05) is 16.8 Å². The molecular formula is C25H26ClN3O3. The lowest BCUT2D eigenvalue weighted by Crippen LogP contribution is -2.42. The number of rotatable bonds is 4. The lowest BCUT2D eigenvalue weighted by atomic mass is 10.0. The van der Waals surface area contributed by atoms with E-state index in [4.69, 9.17) is 11.6 Å². The van der Waals surface area contributed by atoms with Gasteiger partial charge in [0.05, 0.1) is 5.69 Å². The molecule has 0 saturated carbocycles. The van der Waals surface area contributed by atoms with Gasteiger partial charge in [0.1, 0.15) is 10.7 Å². The summed E-state index contributed by atoms with van der Waals surface area (Å²) < 4.78 is 0. The number of imide groups is 1. The molecule has 2 aromatic rings. The summed E-state index contributed by atoms with van der Waals surface area (Å²) in [6.07, 6.45) is 3.13. The average molecular weight is 452 g/mol. The van der Waals surface area contributed by atoms with E-state index < -0.39 is 11.8 Å². The van der Waals surface area contributed by atoms with Crippen molar-refractivity contribution in [2.45, 2.75) is 46.1 Å². The first-order valence-electron chi connectivity index (χ1n) is 10.8. The smallest absolute Gasteiger partial charge is 0.283 e. The second-order valence-corrected chi connectivity index (χ2v) is 8.78. The number of amides is 3. The maximum absolute atomic E-state index is 13.1. The van der Waals surface area contributed by atoms with Gasteiger partial charge in [0, 0.05) is 23.8 Å². The summed E-state index contributed by atoms with van der Waals surface area (Å²) in [5.41, 5.74) is 3.38. The number of aryl methyl sites for hydroxylation is 1. The van der Waals surface area contributed by atoms with E-state index in [-0.39, 0.29) is 22.7 Å². The highest BCUT2D eigenvalue weighted by Crippen LogP contribution is 2.33. The van der Waals surface area contributed by atoms with Gasteiger partial charge in [0.25, 0.3) is 17.7 Å². The Labute approximate surface area is 192 Å². The fourth-order valence-electron chi connectivity index (χ4n) is 4.25. The van der Waals surface area contributed by atoms with Crippen LogP contribution >= 0.6 is 11.6 Å². The van der Waals surface area contributed by atoms with Gasteiger partial charge < -0.3 is 10.2 Å². The first-order chi connectivity index (χ1) is 15.3. The van der Waals surface area contributed by atoms with Gasteiger partial charge in [0.2, 0.25) is 0 Å². The molecule has 0 aromatic heterocycles. The molecule has 2 aliphatic rings. The van der Waals surface area contributed by atoms with Crippen molar-refractivity contribution in [3.63, 3.8) is 0 Å². The summed E-state index contributed by atoms with van der Waals surface area (Å²) in [6.45, 7) is 6.59. The molecule has 166 valence electrons. The van der Waals surface area contributed by atoms with Crippen molar-refractivity contribution in [2.24, 2.45) is 0 Å². The van der Waals surface area contributed by atoms with Crippen molar-refractivity contribution in [1.29, 1.82) is 0 Å². The van der Waals surface area contributed by atoms with Gasteiger partial charge in [-0.3, -0.25) is 14.4 Å². The molecule has 0 aliphatic carbocycles. The highest BCUT2D eigenvalue weighted by atomic mass is 35.5. The second kappa shape index (κ2) is 8.79. The Bertz CT molecular complexity index is 1140. The quantitative estimate of drug-likeness (QED) is 0.681. The molecule has 1 atom stereocenters. The minimum absolute atomic E-state index is 0.00788. The minimum Gasteiger partial charge on any atom is -0.350 e. The first kappa shape index (κ1) is 22.1. The molecule has 1 N–H and O–H groups in total. The summed E-state index contributed by atoms with van der Waals surface area (Å²) >= 11 is 6.28. The van der Waals surface area contributed by atoms with E-state index >= 15 is 0 Å². The summed E-state index contributed by atoms with van der Waals surface area (Å²) in [7, 11) is 0. The number of hydrogen-bond donors (Lipinski definition) is 1. The summed E-state index contributed by atoms with van der Waals surface area (Å²) in [6, 6.07) is 12.6. The average Bonchev–Trinajstić information content (AvgIpc) is 2.99. The van der Waals surface area contributed by atoms with Crippen LogP contribution in [0.4, 0.5) is 11.4 Å². The number of piperidine rings is 1. The molecule has 3 amide bonds. The van der Waals surface area contributed by atoms with E-state index in [9.17, 15) is 14.4 Å². The number of likely N-dealkylation sites (tertiary alicyclic amines) is 1. The third-order valence-corrected chi connectivity index (χ3v) is 6.64. The van der Waals surface area contributed by atoms with Gasteiger partial charge in [-0.25, -0.2) is 4.90 Å². The first-order valence-corrected chi connectivity index (χ1v) is 11.2. The van der Waals surface area contributed by atoms with Crippen LogP contribution in [0.1, 0.15) is 47.7 Å². The Morgan fingerprint density at radius 1 is 1.06 bits per heavy atom. The molecule has 0 bridgehead atoms. The fraction of sp³-hybridized carbons (Fsp3) is 0.320. The van der Waals surface area contributed by atoms with Gasteiger partial charge in [-0.05, 0) is 75.4 Å². The maximum Gasteiger partial charge on any atom is 0.283 e. The van der Waals surface area contributed by atoms with Crippen LogP contribution in [-0.4, -0.2) is 35.2 Å². The minimum atomic E-state index is -0.567. The topological polar surface area (TPSA) is 69.7 Å². The van der Waals surface area contributed by atoms with Crippen molar-refractivity contribution in [3.8, 4) is 0 Å². The SMILES string of the molecule is Cc1cccc(N2C(=O)C(Cl)=C(Nc3cccc(C(=O)N4CCCCC4C)c3)C2=O)c1C. The number of benzene rings is 2. The van der Waals surface area contributed by atoms with Crippen LogP contribution in [0, 0.1) is 13.8 Å². The predicted octanol–water partition coefficient (Wildman–Crippen LogP) is 4.75. The number of nitrogens with zero attached hydrogens (tertiary/aromatic N) is 2. The Balaban J connectivity index is 1.58. The number of carbonyl (C=O) groups is 3. The standard InChI is InChI=1S/C25H26ClN3O3/c1-15-8-6-12-20(17(15)3)29-24(31)21(26)22(25(29)32)27-19-11-7-10-18(14-19)23(30)28-13-5-4-9-16(28)2/h6-8,10-12,14,16,27H,4-5,9,13H2,1-3H3. The molecule has 4 rings (SSSR count). The van der Waals surface area contributed by atoms with Gasteiger partial charge in [-0.1, -0.05) is 29.8 Å². The highest BCUT2D eigenvalue weighted by molar-refractivity contribution is 6.53. The third kappa shape index (κ3) is 3.91. The zero-order valence-electron chi connectivity index (χ0n) is 18.4. The van der Waals surface area contributed by atoms with Crippen molar-refractivity contribution in [1.82, 2.24) is 4.90 Å². The van der Waals surface area contributed by atoms with Crippen LogP contribution in [0.2, 0.25) is 0 Å². The van der Waals surface area contributed by atoms with Gasteiger partial charge in [-0.15, -0.1) is 0 Å². The molecule has 2 aromatic carbocycles. The zero-order valence-corrected chi connectivity index (χ0v) is 19.2. The monoisotopic (exact) mass is 451 g/mol. The van der Waals surface area contributed by atoms with Crippen LogP contribution < -0.4 is 10.2 Å². The van der Waals surface area contributed by atoms with Gasteiger partial charge >= 0.3 is 0 Å². The van der Waals surface area contributed by atoms with Crippen LogP contribution in [-0.2, 0) is 9.59 Å². The number of nitrogens with one attached hydrogen (secondary N) is 1. The molecule has 32 heavy (non-hydrogen) atoms. The number of halogens is 1. The molecule has 6 nitrogen and oxygen atoms in total. The maximum atomic E-state index is 13.1. The van der Waals surface area contributed by atoms with Crippen LogP contribution in [0.25, 0.3) is 0 Å². The van der Waals surface area contributed by atoms with Crippen LogP contribution in [0.5, 0.6) is 0 Å². The van der Waals surface area contributed by atoms with E-state index in [1.54, 1.807) is 36.4 Å². The van der Waals surface area contributed by atoms with E-state index in [0.717, 1.165) is 41.8 Å². The van der Waals surface area contributed by atoms with Crippen LogP contribution in [0.15, 0.2) is 53.2 Å². The molecule has 2 heterocycles. The lowest BCUT2D eigenvalue weighted by Gasteiger charge is -2.33. The lowest BCUT2D eigenvalue weighted by molar-refractivity contribution is -0.120. The van der Waals surface area contributed by atoms with Gasteiger partial charge in [-0.2, -0.15) is 0 Å². The Kier molecular flexibility index (Phi) is 6.07. The molecule has 1 fully saturated rings. The van der Waals surface area contributed by atoms with Crippen molar-refractivity contribution >= 4 is 40.7 Å². The molecule has 1 unspecified atom stereocenters. The van der Waals surface area contributed by atoms with Gasteiger partial charge in [0.15, 0.2) is 0 Å². The molecule has 0 spiro atoms. The van der Waals surface area contributed by atoms with Crippen molar-refractivity contribution < 1.29 is 14.4 Å². The molecule has 1 saturated heterocycles. The summed E-state index contributed by atoms with van der Waals surface area (Å²) in [4.78, 5) is 41.9. The van der Waals surface area contributed by atoms with E-state index in [0.29, 0.717) is 16.9 Å². The summed E-state index contributed by atoms with van der Waals surface area (Å²) in [5, 5.41) is 2.81. The predicted molar refractivity (Wildman–Crippen MR) is 126 cm³/mol. The second-order valence-electron chi connectivity index (χ2n) is 8.40. The summed E-state index contributed by atoms with van der Waals surface area (Å²) in [5.74, 6) is -1.12. The van der Waals surface area contributed by atoms with Crippen LogP contribution in [0.3, 0.4) is 0 Å². The van der Waals surface area contributed by atoms with E-state index in [1.165, 1.54) is 0 Å². The van der Waals surface area contributed by atoms with E-state index in [2.05, 4.69) is 12.2 Å². The van der Waals surface area contributed by atoms with E-state index in [1.807, 2.05) is 24.8 Å². The molecule has 0 radical (unpaired) electrons. The number of hydrogen-bond acceptors (Lipinski definition) is 4. The Morgan fingerprint density at radius 3 is 2.56 bits per heavy atom. The van der Waals surface area contributed by atoms with Crippen molar-refractivity contribution in [3.05, 3.63) is 69.9 Å². The Morgan fingerprint density at radius 2 is 1.81 bits per heavy atom. The molecule has 7 heteroatoms.